The minimum absolute atomic E-state index is 0.154. The molecule has 1 aliphatic heterocycles. The Labute approximate surface area is 112 Å². The third-order valence-electron chi connectivity index (χ3n) is 3.45. The SMILES string of the molecule is O=C(Nc1ccc2c(c1)OCCCO2)NC1CCC1. The van der Waals surface area contributed by atoms with Crippen molar-refractivity contribution >= 4 is 11.7 Å². The number of hydrogen-bond donors (Lipinski definition) is 2. The summed E-state index contributed by atoms with van der Waals surface area (Å²) in [6.07, 6.45) is 4.23. The second-order valence-corrected chi connectivity index (χ2v) is 4.94. The predicted molar refractivity (Wildman–Crippen MR) is 71.8 cm³/mol. The number of nitrogens with one attached hydrogen (secondary N) is 2. The Morgan fingerprint density at radius 1 is 1.11 bits per heavy atom. The zero-order chi connectivity index (χ0) is 13.1. The smallest absolute Gasteiger partial charge is 0.319 e. The summed E-state index contributed by atoms with van der Waals surface area (Å²) >= 11 is 0. The first-order valence-corrected chi connectivity index (χ1v) is 6.78. The molecule has 5 nitrogen and oxygen atoms in total. The third-order valence-corrected chi connectivity index (χ3v) is 3.45. The molecular weight excluding hydrogens is 244 g/mol. The topological polar surface area (TPSA) is 59.6 Å². The van der Waals surface area contributed by atoms with Crippen molar-refractivity contribution in [3.8, 4) is 11.5 Å². The first-order chi connectivity index (χ1) is 9.31. The molecule has 1 aliphatic carbocycles. The van der Waals surface area contributed by atoms with Crippen LogP contribution in [0.2, 0.25) is 0 Å². The minimum Gasteiger partial charge on any atom is -0.490 e. The first kappa shape index (κ1) is 12.1. The van der Waals surface area contributed by atoms with Crippen molar-refractivity contribution in [2.24, 2.45) is 0 Å². The number of ether oxygens (including phenoxy) is 2. The zero-order valence-electron chi connectivity index (χ0n) is 10.8. The van der Waals surface area contributed by atoms with E-state index in [0.717, 1.165) is 30.7 Å². The maximum absolute atomic E-state index is 11.8. The largest absolute Gasteiger partial charge is 0.490 e. The molecule has 102 valence electrons. The van der Waals surface area contributed by atoms with E-state index < -0.39 is 0 Å². The molecule has 0 bridgehead atoms. The summed E-state index contributed by atoms with van der Waals surface area (Å²) in [5.41, 5.74) is 0.723. The molecule has 2 amide bonds. The van der Waals surface area contributed by atoms with Gasteiger partial charge in [-0.2, -0.15) is 0 Å². The molecular formula is C14H18N2O3. The van der Waals surface area contributed by atoms with E-state index in [1.54, 1.807) is 6.07 Å². The molecule has 0 unspecified atom stereocenters. The van der Waals surface area contributed by atoms with Crippen molar-refractivity contribution in [3.05, 3.63) is 18.2 Å². The van der Waals surface area contributed by atoms with E-state index in [1.165, 1.54) is 6.42 Å². The highest BCUT2D eigenvalue weighted by molar-refractivity contribution is 5.89. The van der Waals surface area contributed by atoms with Gasteiger partial charge in [0, 0.05) is 24.2 Å². The molecule has 3 rings (SSSR count). The molecule has 0 saturated heterocycles. The van der Waals surface area contributed by atoms with Crippen LogP contribution in [0.25, 0.3) is 0 Å². The number of hydrogen-bond acceptors (Lipinski definition) is 3. The monoisotopic (exact) mass is 262 g/mol. The molecule has 1 heterocycles. The van der Waals surface area contributed by atoms with Gasteiger partial charge in [0.2, 0.25) is 0 Å². The van der Waals surface area contributed by atoms with Crippen LogP contribution in [0.15, 0.2) is 18.2 Å². The molecule has 2 aliphatic rings. The van der Waals surface area contributed by atoms with Crippen LogP contribution in [0.4, 0.5) is 10.5 Å². The maximum Gasteiger partial charge on any atom is 0.319 e. The van der Waals surface area contributed by atoms with Crippen LogP contribution < -0.4 is 20.1 Å². The summed E-state index contributed by atoms with van der Waals surface area (Å²) in [6.45, 7) is 1.31. The number of carbonyl (C=O) groups is 1. The normalized spacial score (nSPS) is 18.1. The van der Waals surface area contributed by atoms with Gasteiger partial charge in [-0.3, -0.25) is 0 Å². The summed E-state index contributed by atoms with van der Waals surface area (Å²) in [7, 11) is 0. The Kier molecular flexibility index (Phi) is 3.44. The van der Waals surface area contributed by atoms with Crippen molar-refractivity contribution in [2.75, 3.05) is 18.5 Å². The number of rotatable bonds is 2. The molecule has 0 spiro atoms. The van der Waals surface area contributed by atoms with Crippen LogP contribution in [0.1, 0.15) is 25.7 Å². The fourth-order valence-electron chi connectivity index (χ4n) is 2.15. The van der Waals surface area contributed by atoms with Gasteiger partial charge in [0.1, 0.15) is 0 Å². The Bertz CT molecular complexity index is 472. The summed E-state index contributed by atoms with van der Waals surface area (Å²) in [4.78, 5) is 11.8. The van der Waals surface area contributed by atoms with E-state index in [2.05, 4.69) is 10.6 Å². The van der Waals surface area contributed by atoms with Gasteiger partial charge >= 0.3 is 6.03 Å². The van der Waals surface area contributed by atoms with Gasteiger partial charge in [0.25, 0.3) is 0 Å². The Morgan fingerprint density at radius 3 is 2.63 bits per heavy atom. The highest BCUT2D eigenvalue weighted by Gasteiger charge is 2.19. The number of urea groups is 1. The van der Waals surface area contributed by atoms with Gasteiger partial charge in [-0.15, -0.1) is 0 Å². The van der Waals surface area contributed by atoms with E-state index in [1.807, 2.05) is 12.1 Å². The zero-order valence-corrected chi connectivity index (χ0v) is 10.8. The van der Waals surface area contributed by atoms with E-state index in [9.17, 15) is 4.79 Å². The number of anilines is 1. The number of fused-ring (bicyclic) bond motifs is 1. The second-order valence-electron chi connectivity index (χ2n) is 4.94. The maximum atomic E-state index is 11.8. The van der Waals surface area contributed by atoms with Crippen molar-refractivity contribution < 1.29 is 14.3 Å². The molecule has 0 aromatic heterocycles. The summed E-state index contributed by atoms with van der Waals surface area (Å²) in [5.74, 6) is 1.43. The highest BCUT2D eigenvalue weighted by Crippen LogP contribution is 2.32. The fourth-order valence-corrected chi connectivity index (χ4v) is 2.15. The van der Waals surface area contributed by atoms with Crippen LogP contribution in [-0.4, -0.2) is 25.3 Å². The second kappa shape index (κ2) is 5.38. The Morgan fingerprint density at radius 2 is 1.89 bits per heavy atom. The van der Waals surface area contributed by atoms with Gasteiger partial charge in [-0.1, -0.05) is 0 Å². The average Bonchev–Trinajstić information content (AvgIpc) is 2.58. The predicted octanol–water partition coefficient (Wildman–Crippen LogP) is 2.52. The van der Waals surface area contributed by atoms with Crippen LogP contribution in [-0.2, 0) is 0 Å². The van der Waals surface area contributed by atoms with Crippen molar-refractivity contribution in [3.63, 3.8) is 0 Å². The molecule has 1 saturated carbocycles. The minimum atomic E-state index is -0.154. The Hall–Kier alpha value is -1.91. The van der Waals surface area contributed by atoms with Gasteiger partial charge in [0.15, 0.2) is 11.5 Å². The van der Waals surface area contributed by atoms with Crippen LogP contribution in [0.5, 0.6) is 11.5 Å². The first-order valence-electron chi connectivity index (χ1n) is 6.78. The molecule has 5 heteroatoms. The standard InChI is InChI=1S/C14H18N2O3/c17-14(15-10-3-1-4-10)16-11-5-6-12-13(9-11)19-8-2-7-18-12/h5-6,9-10H,1-4,7-8H2,(H2,15,16,17). The Balaban J connectivity index is 1.64. The lowest BCUT2D eigenvalue weighted by atomic mass is 9.93. The quantitative estimate of drug-likeness (QED) is 0.861. The van der Waals surface area contributed by atoms with Crippen molar-refractivity contribution in [2.45, 2.75) is 31.7 Å². The summed E-state index contributed by atoms with van der Waals surface area (Å²) in [5, 5.41) is 5.76. The lowest BCUT2D eigenvalue weighted by Gasteiger charge is -2.26. The molecule has 1 aromatic rings. The van der Waals surface area contributed by atoms with E-state index in [-0.39, 0.29) is 6.03 Å². The molecule has 1 fully saturated rings. The molecule has 1 aromatic carbocycles. The average molecular weight is 262 g/mol. The molecule has 2 N–H and O–H groups in total. The van der Waals surface area contributed by atoms with Crippen LogP contribution in [0.3, 0.4) is 0 Å². The van der Waals surface area contributed by atoms with Crippen molar-refractivity contribution in [1.82, 2.24) is 5.32 Å². The summed E-state index contributed by atoms with van der Waals surface area (Å²) < 4.78 is 11.1. The van der Waals surface area contributed by atoms with Crippen LogP contribution in [0, 0.1) is 0 Å². The lowest BCUT2D eigenvalue weighted by molar-refractivity contribution is 0.240. The number of amides is 2. The lowest BCUT2D eigenvalue weighted by Crippen LogP contribution is -2.41. The fraction of sp³-hybridized carbons (Fsp3) is 0.500. The highest BCUT2D eigenvalue weighted by atomic mass is 16.5. The molecule has 19 heavy (non-hydrogen) atoms. The van der Waals surface area contributed by atoms with Crippen LogP contribution >= 0.6 is 0 Å². The summed E-state index contributed by atoms with van der Waals surface area (Å²) in [6, 6.07) is 5.65. The number of carbonyl (C=O) groups excluding carboxylic acids is 1. The van der Waals surface area contributed by atoms with Gasteiger partial charge in [-0.05, 0) is 31.4 Å². The van der Waals surface area contributed by atoms with Gasteiger partial charge in [-0.25, -0.2) is 4.79 Å². The third kappa shape index (κ3) is 2.92. The van der Waals surface area contributed by atoms with Crippen molar-refractivity contribution in [1.29, 1.82) is 0 Å². The van der Waals surface area contributed by atoms with E-state index in [4.69, 9.17) is 9.47 Å². The molecule has 0 atom stereocenters. The van der Waals surface area contributed by atoms with Gasteiger partial charge < -0.3 is 20.1 Å². The molecule has 0 radical (unpaired) electrons. The number of benzene rings is 1. The van der Waals surface area contributed by atoms with E-state index in [0.29, 0.717) is 25.0 Å². The van der Waals surface area contributed by atoms with E-state index >= 15 is 0 Å². The van der Waals surface area contributed by atoms with Gasteiger partial charge in [0.05, 0.1) is 13.2 Å².